The van der Waals surface area contributed by atoms with Crippen LogP contribution < -0.4 is 0 Å². The lowest BCUT2D eigenvalue weighted by Gasteiger charge is -2.05. The van der Waals surface area contributed by atoms with E-state index in [1.54, 1.807) is 24.3 Å². The van der Waals surface area contributed by atoms with Gasteiger partial charge in [-0.3, -0.25) is 0 Å². The van der Waals surface area contributed by atoms with E-state index in [1.807, 2.05) is 6.92 Å². The largest absolute Gasteiger partial charge is 0.460 e. The number of hydrogen-bond donors (Lipinski definition) is 0. The van der Waals surface area contributed by atoms with Gasteiger partial charge in [0.15, 0.2) is 0 Å². The Kier molecular flexibility index (Phi) is 6.52. The first-order valence-electron chi connectivity index (χ1n) is 5.98. The minimum atomic E-state index is -0.362. The molecule has 0 spiro atoms. The molecule has 0 aromatic heterocycles. The molecule has 0 aliphatic rings. The molecular formula is C14H17NO3. The summed E-state index contributed by atoms with van der Waals surface area (Å²) in [4.78, 5) is 11.6. The van der Waals surface area contributed by atoms with Crippen LogP contribution in [0.2, 0.25) is 0 Å². The molecule has 1 aromatic rings. The third-order valence-corrected chi connectivity index (χ3v) is 2.28. The Hall–Kier alpha value is -1.86. The van der Waals surface area contributed by atoms with Gasteiger partial charge in [-0.05, 0) is 24.1 Å². The summed E-state index contributed by atoms with van der Waals surface area (Å²) in [5.41, 5.74) is 1.38. The molecule has 96 valence electrons. The van der Waals surface area contributed by atoms with Gasteiger partial charge in [0.05, 0.1) is 24.7 Å². The van der Waals surface area contributed by atoms with Gasteiger partial charge in [0.2, 0.25) is 0 Å². The van der Waals surface area contributed by atoms with Crippen molar-refractivity contribution in [3.05, 3.63) is 35.4 Å². The molecule has 0 saturated heterocycles. The summed E-state index contributed by atoms with van der Waals surface area (Å²) in [6.07, 6.45) is 1.30. The fourth-order valence-corrected chi connectivity index (χ4v) is 1.37. The zero-order valence-corrected chi connectivity index (χ0v) is 10.5. The number of esters is 1. The van der Waals surface area contributed by atoms with Crippen LogP contribution in [0, 0.1) is 11.3 Å². The Labute approximate surface area is 107 Å². The second kappa shape index (κ2) is 8.26. The van der Waals surface area contributed by atoms with Gasteiger partial charge < -0.3 is 9.47 Å². The molecule has 0 unspecified atom stereocenters. The van der Waals surface area contributed by atoms with Crippen molar-refractivity contribution in [3.8, 4) is 6.07 Å². The first-order chi connectivity index (χ1) is 8.77. The van der Waals surface area contributed by atoms with Crippen LogP contribution in [0.1, 0.15) is 29.3 Å². The lowest BCUT2D eigenvalue weighted by molar-refractivity contribution is 0.0318. The molecule has 0 heterocycles. The molecule has 4 heteroatoms. The van der Waals surface area contributed by atoms with Crippen LogP contribution in [0.5, 0.6) is 0 Å². The number of rotatable bonds is 7. The Bertz CT molecular complexity index is 406. The number of nitriles is 1. The van der Waals surface area contributed by atoms with Gasteiger partial charge in [-0.1, -0.05) is 19.1 Å². The summed E-state index contributed by atoms with van der Waals surface area (Å²) in [5.74, 6) is -0.362. The fraction of sp³-hybridized carbons (Fsp3) is 0.429. The van der Waals surface area contributed by atoms with Crippen LogP contribution in [-0.4, -0.2) is 25.8 Å². The molecule has 4 nitrogen and oxygen atoms in total. The van der Waals surface area contributed by atoms with Gasteiger partial charge in [-0.15, -0.1) is 0 Å². The molecule has 1 rings (SSSR count). The molecule has 0 radical (unpaired) electrons. The second-order valence-electron chi connectivity index (χ2n) is 3.78. The summed E-state index contributed by atoms with van der Waals surface area (Å²) in [6, 6.07) is 8.91. The molecule has 0 N–H and O–H groups in total. The van der Waals surface area contributed by atoms with Crippen LogP contribution in [-0.2, 0) is 15.9 Å². The van der Waals surface area contributed by atoms with E-state index in [0.717, 1.165) is 12.0 Å². The Morgan fingerprint density at radius 3 is 2.56 bits per heavy atom. The average molecular weight is 247 g/mol. The quantitative estimate of drug-likeness (QED) is 0.548. The van der Waals surface area contributed by atoms with Crippen molar-refractivity contribution >= 4 is 5.97 Å². The van der Waals surface area contributed by atoms with E-state index in [1.165, 1.54) is 0 Å². The number of hydrogen-bond acceptors (Lipinski definition) is 4. The summed E-state index contributed by atoms with van der Waals surface area (Å²) in [5, 5.41) is 8.53. The van der Waals surface area contributed by atoms with Crippen molar-refractivity contribution in [1.29, 1.82) is 5.26 Å². The van der Waals surface area contributed by atoms with E-state index in [9.17, 15) is 4.79 Å². The maximum atomic E-state index is 11.6. The fourth-order valence-electron chi connectivity index (χ4n) is 1.37. The van der Waals surface area contributed by atoms with Crippen LogP contribution >= 0.6 is 0 Å². The van der Waals surface area contributed by atoms with Gasteiger partial charge in [-0.2, -0.15) is 5.26 Å². The predicted molar refractivity (Wildman–Crippen MR) is 67.2 cm³/mol. The third-order valence-electron chi connectivity index (χ3n) is 2.28. The molecule has 0 atom stereocenters. The van der Waals surface area contributed by atoms with Gasteiger partial charge in [0.25, 0.3) is 0 Å². The summed E-state index contributed by atoms with van der Waals surface area (Å²) in [7, 11) is 0. The molecule has 18 heavy (non-hydrogen) atoms. The average Bonchev–Trinajstić information content (AvgIpc) is 2.39. The Morgan fingerprint density at radius 2 is 1.94 bits per heavy atom. The first kappa shape index (κ1) is 14.2. The van der Waals surface area contributed by atoms with Crippen molar-refractivity contribution < 1.29 is 14.3 Å². The van der Waals surface area contributed by atoms with Gasteiger partial charge in [0.1, 0.15) is 6.61 Å². The minimum Gasteiger partial charge on any atom is -0.460 e. The molecule has 1 aromatic carbocycles. The van der Waals surface area contributed by atoms with Crippen LogP contribution in [0.4, 0.5) is 0 Å². The SMILES string of the molecule is CCCOCCOC(=O)c1ccc(CC#N)cc1. The number of carbonyl (C=O) groups excluding carboxylic acids is 1. The molecule has 0 bridgehead atoms. The third kappa shape index (κ3) is 4.98. The van der Waals surface area contributed by atoms with Crippen molar-refractivity contribution in [3.63, 3.8) is 0 Å². The topological polar surface area (TPSA) is 59.3 Å². The van der Waals surface area contributed by atoms with Gasteiger partial charge >= 0.3 is 5.97 Å². The molecule has 0 amide bonds. The zero-order valence-electron chi connectivity index (χ0n) is 10.5. The number of nitrogens with zero attached hydrogens (tertiary/aromatic N) is 1. The van der Waals surface area contributed by atoms with Gasteiger partial charge in [0, 0.05) is 6.61 Å². The van der Waals surface area contributed by atoms with E-state index >= 15 is 0 Å². The van der Waals surface area contributed by atoms with Crippen molar-refractivity contribution in [2.45, 2.75) is 19.8 Å². The Morgan fingerprint density at radius 1 is 1.22 bits per heavy atom. The number of carbonyl (C=O) groups is 1. The van der Waals surface area contributed by atoms with E-state index in [0.29, 0.717) is 25.2 Å². The van der Waals surface area contributed by atoms with Crippen LogP contribution in [0.3, 0.4) is 0 Å². The zero-order chi connectivity index (χ0) is 13.2. The highest BCUT2D eigenvalue weighted by Crippen LogP contribution is 2.06. The highest BCUT2D eigenvalue weighted by molar-refractivity contribution is 5.89. The molecule has 0 aliphatic heterocycles. The summed E-state index contributed by atoms with van der Waals surface area (Å²) >= 11 is 0. The van der Waals surface area contributed by atoms with E-state index in [4.69, 9.17) is 14.7 Å². The van der Waals surface area contributed by atoms with Crippen LogP contribution in [0.15, 0.2) is 24.3 Å². The molecule has 0 saturated carbocycles. The maximum Gasteiger partial charge on any atom is 0.338 e. The Balaban J connectivity index is 2.35. The molecule has 0 aliphatic carbocycles. The smallest absolute Gasteiger partial charge is 0.338 e. The first-order valence-corrected chi connectivity index (χ1v) is 5.98. The number of ether oxygens (including phenoxy) is 2. The second-order valence-corrected chi connectivity index (χ2v) is 3.78. The summed E-state index contributed by atoms with van der Waals surface area (Å²) < 4.78 is 10.3. The van der Waals surface area contributed by atoms with Crippen LogP contribution in [0.25, 0.3) is 0 Å². The highest BCUT2D eigenvalue weighted by Gasteiger charge is 2.06. The minimum absolute atomic E-state index is 0.263. The lowest BCUT2D eigenvalue weighted by Crippen LogP contribution is -2.11. The van der Waals surface area contributed by atoms with Crippen molar-refractivity contribution in [2.75, 3.05) is 19.8 Å². The highest BCUT2D eigenvalue weighted by atomic mass is 16.6. The van der Waals surface area contributed by atoms with E-state index < -0.39 is 0 Å². The van der Waals surface area contributed by atoms with Crippen molar-refractivity contribution in [1.82, 2.24) is 0 Å². The normalized spacial score (nSPS) is 9.78. The number of benzene rings is 1. The predicted octanol–water partition coefficient (Wildman–Crippen LogP) is 2.34. The van der Waals surface area contributed by atoms with E-state index in [2.05, 4.69) is 6.07 Å². The summed E-state index contributed by atoms with van der Waals surface area (Å²) in [6.45, 7) is 3.39. The lowest BCUT2D eigenvalue weighted by atomic mass is 10.1. The molecular weight excluding hydrogens is 230 g/mol. The standard InChI is InChI=1S/C14H17NO3/c1-2-9-17-10-11-18-14(16)13-5-3-12(4-6-13)7-8-15/h3-6H,2,7,9-11H2,1H3. The molecule has 0 fully saturated rings. The van der Waals surface area contributed by atoms with E-state index in [-0.39, 0.29) is 12.6 Å². The van der Waals surface area contributed by atoms with Gasteiger partial charge in [-0.25, -0.2) is 4.79 Å². The van der Waals surface area contributed by atoms with Crippen molar-refractivity contribution in [2.24, 2.45) is 0 Å². The monoisotopic (exact) mass is 247 g/mol. The maximum absolute atomic E-state index is 11.6.